The summed E-state index contributed by atoms with van der Waals surface area (Å²) in [6.45, 7) is 2.56. The number of piperidine rings is 1. The Labute approximate surface area is 110 Å². The van der Waals surface area contributed by atoms with Crippen LogP contribution < -0.4 is 10.6 Å². The highest BCUT2D eigenvalue weighted by Crippen LogP contribution is 2.27. The molecule has 7 heteroatoms. The number of nitro groups is 1. The summed E-state index contributed by atoms with van der Waals surface area (Å²) in [5.74, 6) is 0.149. The number of amides is 1. The zero-order valence-electron chi connectivity index (χ0n) is 10.7. The topological polar surface area (TPSA) is 102 Å². The average Bonchev–Trinajstić information content (AvgIpc) is 2.39. The lowest BCUT2D eigenvalue weighted by molar-refractivity contribution is -0.385. The SMILES string of the molecule is CC1CCC(C(N)=O)CN1c1ccc([N+](=O)[O-])cn1. The van der Waals surface area contributed by atoms with Gasteiger partial charge in [0.05, 0.1) is 10.8 Å². The van der Waals surface area contributed by atoms with Crippen molar-refractivity contribution in [1.82, 2.24) is 4.98 Å². The Hall–Kier alpha value is -2.18. The zero-order valence-corrected chi connectivity index (χ0v) is 10.7. The summed E-state index contributed by atoms with van der Waals surface area (Å²) in [6.07, 6.45) is 2.86. The van der Waals surface area contributed by atoms with E-state index >= 15 is 0 Å². The van der Waals surface area contributed by atoms with E-state index in [1.165, 1.54) is 12.3 Å². The molecule has 1 aromatic heterocycles. The van der Waals surface area contributed by atoms with Crippen LogP contribution in [0.4, 0.5) is 11.5 Å². The first-order chi connectivity index (χ1) is 8.99. The molecule has 2 heterocycles. The molecule has 1 amide bonds. The van der Waals surface area contributed by atoms with Gasteiger partial charge in [0.2, 0.25) is 5.91 Å². The number of nitrogens with zero attached hydrogens (tertiary/aromatic N) is 3. The van der Waals surface area contributed by atoms with E-state index in [2.05, 4.69) is 4.98 Å². The number of carbonyl (C=O) groups is 1. The van der Waals surface area contributed by atoms with Crippen molar-refractivity contribution in [3.63, 3.8) is 0 Å². The molecule has 2 rings (SSSR count). The van der Waals surface area contributed by atoms with Gasteiger partial charge in [0.15, 0.2) is 0 Å². The number of pyridine rings is 1. The molecule has 7 nitrogen and oxygen atoms in total. The summed E-state index contributed by atoms with van der Waals surface area (Å²) in [5.41, 5.74) is 5.30. The highest BCUT2D eigenvalue weighted by Gasteiger charge is 2.29. The number of aromatic nitrogens is 1. The zero-order chi connectivity index (χ0) is 14.0. The van der Waals surface area contributed by atoms with Gasteiger partial charge in [-0.1, -0.05) is 0 Å². The molecule has 0 radical (unpaired) electrons. The third-order valence-corrected chi connectivity index (χ3v) is 3.52. The van der Waals surface area contributed by atoms with E-state index in [1.807, 2.05) is 11.8 Å². The summed E-state index contributed by atoms with van der Waals surface area (Å²) < 4.78 is 0. The summed E-state index contributed by atoms with van der Waals surface area (Å²) in [4.78, 5) is 27.4. The van der Waals surface area contributed by atoms with Crippen LogP contribution >= 0.6 is 0 Å². The maximum atomic E-state index is 11.3. The molecule has 2 unspecified atom stereocenters. The van der Waals surface area contributed by atoms with Gasteiger partial charge in [0.25, 0.3) is 5.69 Å². The first kappa shape index (κ1) is 13.3. The predicted molar refractivity (Wildman–Crippen MR) is 69.6 cm³/mol. The Kier molecular flexibility index (Phi) is 3.64. The minimum atomic E-state index is -0.484. The number of anilines is 1. The second kappa shape index (κ2) is 5.21. The lowest BCUT2D eigenvalue weighted by Gasteiger charge is -2.37. The van der Waals surface area contributed by atoms with Crippen molar-refractivity contribution in [3.05, 3.63) is 28.4 Å². The van der Waals surface area contributed by atoms with Gasteiger partial charge in [0.1, 0.15) is 12.0 Å². The Morgan fingerprint density at radius 3 is 2.79 bits per heavy atom. The second-order valence-electron chi connectivity index (χ2n) is 4.81. The number of rotatable bonds is 3. The quantitative estimate of drug-likeness (QED) is 0.650. The third-order valence-electron chi connectivity index (χ3n) is 3.52. The number of nitrogens with two attached hydrogens (primary N) is 1. The first-order valence-corrected chi connectivity index (χ1v) is 6.15. The lowest BCUT2D eigenvalue weighted by atomic mass is 9.93. The van der Waals surface area contributed by atoms with Gasteiger partial charge < -0.3 is 10.6 Å². The van der Waals surface area contributed by atoms with Crippen LogP contribution in [0.2, 0.25) is 0 Å². The van der Waals surface area contributed by atoms with E-state index in [4.69, 9.17) is 5.73 Å². The van der Waals surface area contributed by atoms with Crippen molar-refractivity contribution in [1.29, 1.82) is 0 Å². The number of carbonyl (C=O) groups excluding carboxylic acids is 1. The molecule has 0 bridgehead atoms. The van der Waals surface area contributed by atoms with E-state index in [-0.39, 0.29) is 23.6 Å². The first-order valence-electron chi connectivity index (χ1n) is 6.15. The van der Waals surface area contributed by atoms with Gasteiger partial charge in [-0.25, -0.2) is 4.98 Å². The monoisotopic (exact) mass is 264 g/mol. The van der Waals surface area contributed by atoms with Crippen LogP contribution in [0.15, 0.2) is 18.3 Å². The van der Waals surface area contributed by atoms with Gasteiger partial charge in [-0.15, -0.1) is 0 Å². The van der Waals surface area contributed by atoms with Crippen LogP contribution in [0.3, 0.4) is 0 Å². The van der Waals surface area contributed by atoms with Gasteiger partial charge in [-0.2, -0.15) is 0 Å². The normalized spacial score (nSPS) is 23.1. The molecule has 0 spiro atoms. The Morgan fingerprint density at radius 1 is 1.53 bits per heavy atom. The molecule has 1 saturated heterocycles. The summed E-state index contributed by atoms with van der Waals surface area (Å²) in [5, 5.41) is 10.6. The molecule has 0 aliphatic carbocycles. The van der Waals surface area contributed by atoms with E-state index in [9.17, 15) is 14.9 Å². The molecule has 1 fully saturated rings. The standard InChI is InChI=1S/C12H16N4O3/c1-8-2-3-9(12(13)17)7-15(8)11-5-4-10(6-14-11)16(18)19/h4-6,8-9H,2-3,7H2,1H3,(H2,13,17). The van der Waals surface area contributed by atoms with Gasteiger partial charge in [-0.05, 0) is 25.8 Å². The molecule has 19 heavy (non-hydrogen) atoms. The van der Waals surface area contributed by atoms with Gasteiger partial charge in [-0.3, -0.25) is 14.9 Å². The summed E-state index contributed by atoms with van der Waals surface area (Å²) in [6, 6.07) is 3.27. The van der Waals surface area contributed by atoms with Crippen LogP contribution in [0.1, 0.15) is 19.8 Å². The maximum Gasteiger partial charge on any atom is 0.287 e. The highest BCUT2D eigenvalue weighted by molar-refractivity contribution is 5.77. The van der Waals surface area contributed by atoms with E-state index in [1.54, 1.807) is 6.07 Å². The van der Waals surface area contributed by atoms with Crippen LogP contribution in [-0.4, -0.2) is 28.4 Å². The van der Waals surface area contributed by atoms with Crippen molar-refractivity contribution in [2.45, 2.75) is 25.8 Å². The van der Waals surface area contributed by atoms with Crippen LogP contribution in [0.25, 0.3) is 0 Å². The van der Waals surface area contributed by atoms with Crippen LogP contribution in [0, 0.1) is 16.0 Å². The largest absolute Gasteiger partial charge is 0.369 e. The van der Waals surface area contributed by atoms with Crippen molar-refractivity contribution in [2.75, 3.05) is 11.4 Å². The maximum absolute atomic E-state index is 11.3. The molecule has 0 saturated carbocycles. The average molecular weight is 264 g/mol. The third kappa shape index (κ3) is 2.81. The molecular weight excluding hydrogens is 248 g/mol. The van der Waals surface area contributed by atoms with Crippen molar-refractivity contribution in [2.24, 2.45) is 11.7 Å². The predicted octanol–water partition coefficient (Wildman–Crippen LogP) is 1.08. The summed E-state index contributed by atoms with van der Waals surface area (Å²) >= 11 is 0. The second-order valence-corrected chi connectivity index (χ2v) is 4.81. The Morgan fingerprint density at radius 2 is 2.26 bits per heavy atom. The van der Waals surface area contributed by atoms with Crippen LogP contribution in [-0.2, 0) is 4.79 Å². The number of hydrogen-bond acceptors (Lipinski definition) is 5. The van der Waals surface area contributed by atoms with E-state index in [0.717, 1.165) is 12.8 Å². The minimum absolute atomic E-state index is 0.0418. The Bertz CT molecular complexity index is 488. The van der Waals surface area contributed by atoms with E-state index in [0.29, 0.717) is 12.4 Å². The number of hydrogen-bond donors (Lipinski definition) is 1. The molecular formula is C12H16N4O3. The lowest BCUT2D eigenvalue weighted by Crippen LogP contribution is -2.46. The molecule has 2 N–H and O–H groups in total. The number of primary amides is 1. The van der Waals surface area contributed by atoms with Crippen molar-refractivity contribution < 1.29 is 9.72 Å². The fraction of sp³-hybridized carbons (Fsp3) is 0.500. The molecule has 0 aromatic carbocycles. The molecule has 1 aliphatic rings. The fourth-order valence-corrected chi connectivity index (χ4v) is 2.31. The van der Waals surface area contributed by atoms with Crippen LogP contribution in [0.5, 0.6) is 0 Å². The van der Waals surface area contributed by atoms with Crippen molar-refractivity contribution in [3.8, 4) is 0 Å². The van der Waals surface area contributed by atoms with Crippen molar-refractivity contribution >= 4 is 17.4 Å². The molecule has 1 aromatic rings. The highest BCUT2D eigenvalue weighted by atomic mass is 16.6. The minimum Gasteiger partial charge on any atom is -0.369 e. The molecule has 1 aliphatic heterocycles. The van der Waals surface area contributed by atoms with Gasteiger partial charge >= 0.3 is 0 Å². The smallest absolute Gasteiger partial charge is 0.287 e. The molecule has 2 atom stereocenters. The fourth-order valence-electron chi connectivity index (χ4n) is 2.31. The van der Waals surface area contributed by atoms with Gasteiger partial charge in [0, 0.05) is 18.7 Å². The summed E-state index contributed by atoms with van der Waals surface area (Å²) in [7, 11) is 0. The van der Waals surface area contributed by atoms with E-state index < -0.39 is 4.92 Å². The Balaban J connectivity index is 2.18. The molecule has 102 valence electrons.